The molecule has 1 aromatic carbocycles. The van der Waals surface area contributed by atoms with Crippen LogP contribution < -0.4 is 10.5 Å². The molecule has 0 aromatic heterocycles. The maximum absolute atomic E-state index is 5.79. The molecule has 0 amide bonds. The maximum atomic E-state index is 5.79. The molecule has 0 heterocycles. The van der Waals surface area contributed by atoms with Crippen molar-refractivity contribution in [1.29, 1.82) is 0 Å². The first-order valence-electron chi connectivity index (χ1n) is 5.20. The SMILES string of the molecule is COCC(C)OCc1ccc(OC)c(N)c1. The number of nitrogen functional groups attached to an aromatic ring is 1. The van der Waals surface area contributed by atoms with E-state index < -0.39 is 0 Å². The number of anilines is 1. The minimum absolute atomic E-state index is 0.0772. The molecule has 1 aromatic rings. The summed E-state index contributed by atoms with van der Waals surface area (Å²) in [7, 11) is 3.26. The molecule has 0 aliphatic rings. The third-order valence-corrected chi connectivity index (χ3v) is 2.23. The molecule has 4 heteroatoms. The van der Waals surface area contributed by atoms with Crippen molar-refractivity contribution in [3.63, 3.8) is 0 Å². The van der Waals surface area contributed by atoms with Gasteiger partial charge in [0.25, 0.3) is 0 Å². The van der Waals surface area contributed by atoms with Crippen LogP contribution in [0.5, 0.6) is 5.75 Å². The molecule has 16 heavy (non-hydrogen) atoms. The third-order valence-electron chi connectivity index (χ3n) is 2.23. The summed E-state index contributed by atoms with van der Waals surface area (Å²) in [5.74, 6) is 0.689. The predicted molar refractivity (Wildman–Crippen MR) is 63.5 cm³/mol. The molecule has 1 rings (SSSR count). The molecule has 1 unspecified atom stereocenters. The Kier molecular flexibility index (Phi) is 5.08. The van der Waals surface area contributed by atoms with E-state index in [1.165, 1.54) is 0 Å². The van der Waals surface area contributed by atoms with Gasteiger partial charge in [-0.25, -0.2) is 0 Å². The standard InChI is InChI=1S/C12H19NO3/c1-9(7-14-2)16-8-10-4-5-12(15-3)11(13)6-10/h4-6,9H,7-8,13H2,1-3H3. The van der Waals surface area contributed by atoms with E-state index in [1.54, 1.807) is 14.2 Å². The van der Waals surface area contributed by atoms with Gasteiger partial charge in [0.05, 0.1) is 32.1 Å². The van der Waals surface area contributed by atoms with E-state index in [-0.39, 0.29) is 6.10 Å². The van der Waals surface area contributed by atoms with Crippen molar-refractivity contribution in [2.45, 2.75) is 19.6 Å². The van der Waals surface area contributed by atoms with Gasteiger partial charge in [-0.15, -0.1) is 0 Å². The quantitative estimate of drug-likeness (QED) is 0.750. The molecule has 4 nitrogen and oxygen atoms in total. The van der Waals surface area contributed by atoms with Gasteiger partial charge in [-0.2, -0.15) is 0 Å². The van der Waals surface area contributed by atoms with Crippen molar-refractivity contribution >= 4 is 5.69 Å². The van der Waals surface area contributed by atoms with Gasteiger partial charge in [-0.3, -0.25) is 0 Å². The fourth-order valence-corrected chi connectivity index (χ4v) is 1.39. The number of hydrogen-bond acceptors (Lipinski definition) is 4. The molecule has 0 saturated heterocycles. The zero-order valence-corrected chi connectivity index (χ0v) is 10.0. The normalized spacial score (nSPS) is 12.4. The summed E-state index contributed by atoms with van der Waals surface area (Å²) in [4.78, 5) is 0. The lowest BCUT2D eigenvalue weighted by Crippen LogP contribution is -2.14. The molecule has 0 saturated carbocycles. The van der Waals surface area contributed by atoms with Crippen LogP contribution in [0.3, 0.4) is 0 Å². The molecule has 0 spiro atoms. The second-order valence-corrected chi connectivity index (χ2v) is 3.65. The average Bonchev–Trinajstić information content (AvgIpc) is 2.27. The fourth-order valence-electron chi connectivity index (χ4n) is 1.39. The van der Waals surface area contributed by atoms with E-state index in [4.69, 9.17) is 19.9 Å². The largest absolute Gasteiger partial charge is 0.495 e. The molecule has 0 bridgehead atoms. The predicted octanol–water partition coefficient (Wildman–Crippen LogP) is 1.83. The lowest BCUT2D eigenvalue weighted by atomic mass is 10.2. The van der Waals surface area contributed by atoms with Gasteiger partial charge in [0.1, 0.15) is 5.75 Å². The van der Waals surface area contributed by atoms with Crippen LogP contribution in [0.25, 0.3) is 0 Å². The van der Waals surface area contributed by atoms with Crippen molar-refractivity contribution in [2.24, 2.45) is 0 Å². The topological polar surface area (TPSA) is 53.7 Å². The average molecular weight is 225 g/mol. The first kappa shape index (κ1) is 12.8. The van der Waals surface area contributed by atoms with Crippen molar-refractivity contribution in [1.82, 2.24) is 0 Å². The van der Waals surface area contributed by atoms with Crippen LogP contribution in [0.1, 0.15) is 12.5 Å². The van der Waals surface area contributed by atoms with Crippen molar-refractivity contribution in [3.8, 4) is 5.75 Å². The maximum Gasteiger partial charge on any atom is 0.141 e. The Morgan fingerprint density at radius 3 is 2.62 bits per heavy atom. The minimum atomic E-state index is 0.0772. The van der Waals surface area contributed by atoms with E-state index >= 15 is 0 Å². The molecule has 0 fully saturated rings. The summed E-state index contributed by atoms with van der Waals surface area (Å²) < 4.78 is 15.6. The van der Waals surface area contributed by atoms with Gasteiger partial charge in [-0.05, 0) is 24.6 Å². The molecule has 0 radical (unpaired) electrons. The zero-order valence-electron chi connectivity index (χ0n) is 10.0. The highest BCUT2D eigenvalue weighted by atomic mass is 16.5. The molecule has 90 valence electrons. The van der Waals surface area contributed by atoms with Crippen LogP contribution in [-0.2, 0) is 16.1 Å². The summed E-state index contributed by atoms with van der Waals surface area (Å²) >= 11 is 0. The van der Waals surface area contributed by atoms with Crippen molar-refractivity contribution in [2.75, 3.05) is 26.6 Å². The van der Waals surface area contributed by atoms with Crippen molar-refractivity contribution < 1.29 is 14.2 Å². The van der Waals surface area contributed by atoms with Crippen LogP contribution in [0.15, 0.2) is 18.2 Å². The Bertz CT molecular complexity index is 328. The Balaban J connectivity index is 2.51. The number of nitrogens with two attached hydrogens (primary N) is 1. The lowest BCUT2D eigenvalue weighted by molar-refractivity contribution is -0.000118. The van der Waals surface area contributed by atoms with Crippen LogP contribution in [0, 0.1) is 0 Å². The van der Waals surface area contributed by atoms with Crippen LogP contribution in [0.2, 0.25) is 0 Å². The van der Waals surface area contributed by atoms with Crippen LogP contribution >= 0.6 is 0 Å². The highest BCUT2D eigenvalue weighted by Gasteiger charge is 2.04. The Morgan fingerprint density at radius 1 is 1.31 bits per heavy atom. The highest BCUT2D eigenvalue weighted by Crippen LogP contribution is 2.22. The molecular formula is C12H19NO3. The minimum Gasteiger partial charge on any atom is -0.495 e. The van der Waals surface area contributed by atoms with Crippen LogP contribution in [-0.4, -0.2) is 26.9 Å². The number of benzene rings is 1. The van der Waals surface area contributed by atoms with E-state index in [1.807, 2.05) is 25.1 Å². The molecule has 1 atom stereocenters. The molecule has 0 aliphatic carbocycles. The van der Waals surface area contributed by atoms with Crippen molar-refractivity contribution in [3.05, 3.63) is 23.8 Å². The monoisotopic (exact) mass is 225 g/mol. The van der Waals surface area contributed by atoms with E-state index in [2.05, 4.69) is 0 Å². The summed E-state index contributed by atoms with van der Waals surface area (Å²) in [5, 5.41) is 0. The van der Waals surface area contributed by atoms with Crippen LogP contribution in [0.4, 0.5) is 5.69 Å². The number of rotatable bonds is 6. The van der Waals surface area contributed by atoms with Gasteiger partial charge in [-0.1, -0.05) is 6.07 Å². The van der Waals surface area contributed by atoms with Gasteiger partial charge in [0, 0.05) is 7.11 Å². The summed E-state index contributed by atoms with van der Waals surface area (Å²) in [6.45, 7) is 3.08. The Labute approximate surface area is 96.3 Å². The second-order valence-electron chi connectivity index (χ2n) is 3.65. The summed E-state index contributed by atoms with van der Waals surface area (Å²) in [6, 6.07) is 5.64. The molecular weight excluding hydrogens is 206 g/mol. The van der Waals surface area contributed by atoms with Gasteiger partial charge in [0.15, 0.2) is 0 Å². The number of ether oxygens (including phenoxy) is 3. The zero-order chi connectivity index (χ0) is 12.0. The van der Waals surface area contributed by atoms with E-state index in [0.717, 1.165) is 5.56 Å². The van der Waals surface area contributed by atoms with Gasteiger partial charge in [0.2, 0.25) is 0 Å². The Hall–Kier alpha value is -1.26. The van der Waals surface area contributed by atoms with E-state index in [0.29, 0.717) is 24.7 Å². The number of hydrogen-bond donors (Lipinski definition) is 1. The first-order valence-corrected chi connectivity index (χ1v) is 5.20. The fraction of sp³-hybridized carbons (Fsp3) is 0.500. The van der Waals surface area contributed by atoms with E-state index in [9.17, 15) is 0 Å². The van der Waals surface area contributed by atoms with Gasteiger partial charge < -0.3 is 19.9 Å². The smallest absolute Gasteiger partial charge is 0.141 e. The molecule has 2 N–H and O–H groups in total. The number of methoxy groups -OCH3 is 2. The lowest BCUT2D eigenvalue weighted by Gasteiger charge is -2.12. The summed E-state index contributed by atoms with van der Waals surface area (Å²) in [6.07, 6.45) is 0.0772. The highest BCUT2D eigenvalue weighted by molar-refractivity contribution is 5.54. The third kappa shape index (κ3) is 3.72. The van der Waals surface area contributed by atoms with Gasteiger partial charge >= 0.3 is 0 Å². The Morgan fingerprint density at radius 2 is 2.06 bits per heavy atom. The molecule has 0 aliphatic heterocycles. The summed E-state index contributed by atoms with van der Waals surface area (Å²) in [5.41, 5.74) is 7.45. The second kappa shape index (κ2) is 6.35. The first-order chi connectivity index (χ1) is 7.67.